The van der Waals surface area contributed by atoms with E-state index in [0.29, 0.717) is 11.3 Å². The van der Waals surface area contributed by atoms with Crippen LogP contribution >= 0.6 is 0 Å². The number of rotatable bonds is 2. The average molecular weight is 269 g/mol. The predicted octanol–water partition coefficient (Wildman–Crippen LogP) is 3.69. The molecule has 1 amide bonds. The van der Waals surface area contributed by atoms with Crippen molar-refractivity contribution >= 4 is 17.7 Å². The van der Waals surface area contributed by atoms with Gasteiger partial charge in [0.05, 0.1) is 5.56 Å². The van der Waals surface area contributed by atoms with Gasteiger partial charge in [-0.3, -0.25) is 5.32 Å². The van der Waals surface area contributed by atoms with Gasteiger partial charge >= 0.3 is 12.1 Å². The largest absolute Gasteiger partial charge is 0.419 e. The maximum Gasteiger partial charge on any atom is 0.419 e. The van der Waals surface area contributed by atoms with Crippen molar-refractivity contribution in [2.75, 3.05) is 5.32 Å². The molecule has 0 atom stereocenters. The van der Waals surface area contributed by atoms with Crippen LogP contribution in [-0.2, 0) is 4.74 Å². The number of carbonyl (C=O) groups excluding carboxylic acids is 2. The summed E-state index contributed by atoms with van der Waals surface area (Å²) in [5.41, 5.74) is 2.82. The normalized spacial score (nSPS) is 9.90. The number of benzene rings is 2. The molecule has 0 bridgehead atoms. The first-order chi connectivity index (χ1) is 9.58. The maximum absolute atomic E-state index is 11.7. The van der Waals surface area contributed by atoms with Crippen LogP contribution < -0.4 is 5.32 Å². The summed E-state index contributed by atoms with van der Waals surface area (Å²) in [7, 11) is 0. The molecule has 0 aliphatic carbocycles. The summed E-state index contributed by atoms with van der Waals surface area (Å²) in [6.07, 6.45) is -0.781. The molecule has 0 radical (unpaired) electrons. The van der Waals surface area contributed by atoms with Crippen LogP contribution in [0, 0.1) is 13.8 Å². The Morgan fingerprint density at radius 2 is 1.50 bits per heavy atom. The molecule has 2 aromatic rings. The second-order valence-electron chi connectivity index (χ2n) is 4.43. The minimum Gasteiger partial charge on any atom is -0.372 e. The molecule has 1 N–H and O–H groups in total. The topological polar surface area (TPSA) is 55.4 Å². The SMILES string of the molecule is Cc1cccc(C)c1NC(=O)OC(=O)c1ccccc1. The molecule has 4 heteroatoms. The van der Waals surface area contributed by atoms with Crippen molar-refractivity contribution in [3.63, 3.8) is 0 Å². The van der Waals surface area contributed by atoms with Crippen molar-refractivity contribution in [3.8, 4) is 0 Å². The zero-order valence-corrected chi connectivity index (χ0v) is 11.3. The number of hydrogen-bond donors (Lipinski definition) is 1. The Morgan fingerprint density at radius 1 is 0.900 bits per heavy atom. The Hall–Kier alpha value is -2.62. The Bertz CT molecular complexity index is 615. The van der Waals surface area contributed by atoms with Crippen LogP contribution in [-0.4, -0.2) is 12.1 Å². The summed E-state index contributed by atoms with van der Waals surface area (Å²) in [6, 6.07) is 14.0. The highest BCUT2D eigenvalue weighted by atomic mass is 16.6. The standard InChI is InChI=1S/C16H15NO3/c1-11-7-6-8-12(2)14(11)17-16(19)20-15(18)13-9-4-3-5-10-13/h3-10H,1-2H3,(H,17,19). The number of aryl methyl sites for hydroxylation is 2. The molecule has 0 saturated heterocycles. The predicted molar refractivity (Wildman–Crippen MR) is 76.8 cm³/mol. The summed E-state index contributed by atoms with van der Waals surface area (Å²) >= 11 is 0. The summed E-state index contributed by atoms with van der Waals surface area (Å²) in [4.78, 5) is 23.5. The number of para-hydroxylation sites is 1. The van der Waals surface area contributed by atoms with Gasteiger partial charge in [0.15, 0.2) is 0 Å². The quantitative estimate of drug-likeness (QED) is 0.668. The fourth-order valence-electron chi connectivity index (χ4n) is 1.86. The molecule has 102 valence electrons. The Balaban J connectivity index is 2.05. The van der Waals surface area contributed by atoms with Gasteiger partial charge in [0.25, 0.3) is 0 Å². The van der Waals surface area contributed by atoms with E-state index in [1.165, 1.54) is 0 Å². The van der Waals surface area contributed by atoms with E-state index in [9.17, 15) is 9.59 Å². The minimum atomic E-state index is -0.781. The zero-order valence-electron chi connectivity index (χ0n) is 11.3. The molecule has 4 nitrogen and oxygen atoms in total. The first-order valence-electron chi connectivity index (χ1n) is 6.22. The van der Waals surface area contributed by atoms with Gasteiger partial charge in [0.1, 0.15) is 0 Å². The van der Waals surface area contributed by atoms with E-state index >= 15 is 0 Å². The molecule has 0 aliphatic rings. The van der Waals surface area contributed by atoms with Crippen molar-refractivity contribution < 1.29 is 14.3 Å². The van der Waals surface area contributed by atoms with Crippen LogP contribution in [0.25, 0.3) is 0 Å². The van der Waals surface area contributed by atoms with E-state index in [-0.39, 0.29) is 0 Å². The van der Waals surface area contributed by atoms with Crippen LogP contribution in [0.5, 0.6) is 0 Å². The van der Waals surface area contributed by atoms with Crippen molar-refractivity contribution in [2.45, 2.75) is 13.8 Å². The van der Waals surface area contributed by atoms with E-state index in [4.69, 9.17) is 4.74 Å². The smallest absolute Gasteiger partial charge is 0.372 e. The zero-order chi connectivity index (χ0) is 14.5. The molecule has 0 unspecified atom stereocenters. The third-order valence-electron chi connectivity index (χ3n) is 2.90. The van der Waals surface area contributed by atoms with Crippen LogP contribution in [0.15, 0.2) is 48.5 Å². The van der Waals surface area contributed by atoms with Gasteiger partial charge in [0.2, 0.25) is 0 Å². The molecule has 0 fully saturated rings. The first-order valence-corrected chi connectivity index (χ1v) is 6.22. The lowest BCUT2D eigenvalue weighted by atomic mass is 10.1. The second kappa shape index (κ2) is 6.02. The fraction of sp³-hybridized carbons (Fsp3) is 0.125. The van der Waals surface area contributed by atoms with Crippen LogP contribution in [0.4, 0.5) is 10.5 Å². The van der Waals surface area contributed by atoms with Crippen molar-refractivity contribution in [3.05, 3.63) is 65.2 Å². The lowest BCUT2D eigenvalue weighted by molar-refractivity contribution is 0.0645. The maximum atomic E-state index is 11.7. The van der Waals surface area contributed by atoms with E-state index in [2.05, 4.69) is 5.32 Å². The van der Waals surface area contributed by atoms with Gasteiger partial charge in [-0.05, 0) is 37.1 Å². The first kappa shape index (κ1) is 13.8. The second-order valence-corrected chi connectivity index (χ2v) is 4.43. The molecule has 0 aliphatic heterocycles. The van der Waals surface area contributed by atoms with Crippen molar-refractivity contribution in [1.82, 2.24) is 0 Å². The minimum absolute atomic E-state index is 0.337. The molecule has 20 heavy (non-hydrogen) atoms. The van der Waals surface area contributed by atoms with E-state index in [0.717, 1.165) is 11.1 Å². The third kappa shape index (κ3) is 3.23. The average Bonchev–Trinajstić information content (AvgIpc) is 2.44. The molecule has 0 saturated carbocycles. The third-order valence-corrected chi connectivity index (χ3v) is 2.90. The van der Waals surface area contributed by atoms with E-state index in [1.807, 2.05) is 32.0 Å². The van der Waals surface area contributed by atoms with Crippen molar-refractivity contribution in [1.29, 1.82) is 0 Å². The number of amides is 1. The van der Waals surface area contributed by atoms with Crippen LogP contribution in [0.2, 0.25) is 0 Å². The summed E-state index contributed by atoms with van der Waals surface area (Å²) in [5, 5.41) is 2.60. The Morgan fingerprint density at radius 3 is 2.10 bits per heavy atom. The van der Waals surface area contributed by atoms with Crippen LogP contribution in [0.3, 0.4) is 0 Å². The number of carbonyl (C=O) groups is 2. The van der Waals surface area contributed by atoms with Gasteiger partial charge < -0.3 is 4.74 Å². The van der Waals surface area contributed by atoms with Gasteiger partial charge in [-0.25, -0.2) is 9.59 Å². The molecular weight excluding hydrogens is 254 g/mol. The van der Waals surface area contributed by atoms with Crippen LogP contribution in [0.1, 0.15) is 21.5 Å². The fourth-order valence-corrected chi connectivity index (χ4v) is 1.86. The molecule has 0 aromatic heterocycles. The van der Waals surface area contributed by atoms with E-state index < -0.39 is 12.1 Å². The molecule has 2 aromatic carbocycles. The lowest BCUT2D eigenvalue weighted by Gasteiger charge is -2.10. The molecule has 2 rings (SSSR count). The highest BCUT2D eigenvalue weighted by Gasteiger charge is 2.14. The lowest BCUT2D eigenvalue weighted by Crippen LogP contribution is -2.19. The number of anilines is 1. The monoisotopic (exact) mass is 269 g/mol. The van der Waals surface area contributed by atoms with Gasteiger partial charge in [-0.15, -0.1) is 0 Å². The number of ether oxygens (including phenoxy) is 1. The molecular formula is C16H15NO3. The highest BCUT2D eigenvalue weighted by molar-refractivity contribution is 6.00. The number of nitrogens with one attached hydrogen (secondary N) is 1. The Labute approximate surface area is 117 Å². The summed E-state index contributed by atoms with van der Waals surface area (Å²) in [6.45, 7) is 3.75. The summed E-state index contributed by atoms with van der Waals surface area (Å²) < 4.78 is 4.76. The van der Waals surface area contributed by atoms with E-state index in [1.54, 1.807) is 30.3 Å². The van der Waals surface area contributed by atoms with Gasteiger partial charge in [0, 0.05) is 5.69 Å². The molecule has 0 heterocycles. The van der Waals surface area contributed by atoms with Gasteiger partial charge in [-0.2, -0.15) is 0 Å². The molecule has 0 spiro atoms. The Kier molecular flexibility index (Phi) is 4.15. The summed E-state index contributed by atoms with van der Waals surface area (Å²) in [5.74, 6) is -0.672. The van der Waals surface area contributed by atoms with Gasteiger partial charge in [-0.1, -0.05) is 36.4 Å². The van der Waals surface area contributed by atoms with Crippen molar-refractivity contribution in [2.24, 2.45) is 0 Å². The number of esters is 1. The highest BCUT2D eigenvalue weighted by Crippen LogP contribution is 2.19. The number of hydrogen-bond acceptors (Lipinski definition) is 3.